The smallest absolute Gasteiger partial charge is 0.267 e. The molecule has 3 nitrogen and oxygen atoms in total. The van der Waals surface area contributed by atoms with Gasteiger partial charge in [-0.3, -0.25) is 4.79 Å². The Kier molecular flexibility index (Phi) is 3.89. The van der Waals surface area contributed by atoms with Gasteiger partial charge < -0.3 is 0 Å². The van der Waals surface area contributed by atoms with Gasteiger partial charge in [-0.25, -0.2) is 4.68 Å². The second-order valence-corrected chi connectivity index (χ2v) is 5.38. The molecule has 1 aromatic heterocycles. The van der Waals surface area contributed by atoms with Crippen LogP contribution in [-0.2, 0) is 0 Å². The van der Waals surface area contributed by atoms with Crippen molar-refractivity contribution in [3.05, 3.63) is 68.1 Å². The first-order chi connectivity index (χ1) is 9.38. The lowest BCUT2D eigenvalue weighted by Crippen LogP contribution is -2.18. The van der Waals surface area contributed by atoms with Gasteiger partial charge in [0.05, 0.1) is 6.21 Å². The van der Waals surface area contributed by atoms with E-state index >= 15 is 0 Å². The second kappa shape index (κ2) is 5.45. The van der Waals surface area contributed by atoms with Crippen molar-refractivity contribution in [2.24, 2.45) is 5.10 Å². The molecule has 0 atom stereocenters. The van der Waals surface area contributed by atoms with Crippen LogP contribution in [0.2, 0.25) is 0 Å². The number of aryl methyl sites for hydroxylation is 5. The monoisotopic (exact) mass is 268 g/mol. The van der Waals surface area contributed by atoms with Gasteiger partial charge >= 0.3 is 0 Å². The molecule has 0 saturated heterocycles. The molecular formula is C17H20N2O. The molecule has 0 N–H and O–H groups in total. The van der Waals surface area contributed by atoms with Gasteiger partial charge in [-0.15, -0.1) is 0 Å². The van der Waals surface area contributed by atoms with E-state index in [0.29, 0.717) is 0 Å². The van der Waals surface area contributed by atoms with E-state index in [2.05, 4.69) is 38.0 Å². The third-order valence-electron chi connectivity index (χ3n) is 3.37. The lowest BCUT2D eigenvalue weighted by Gasteiger charge is -2.08. The first kappa shape index (κ1) is 14.3. The average Bonchev–Trinajstić information content (AvgIpc) is 2.30. The molecule has 0 aliphatic carbocycles. The number of nitrogens with zero attached hydrogens (tertiary/aromatic N) is 2. The van der Waals surface area contributed by atoms with E-state index in [1.54, 1.807) is 12.3 Å². The van der Waals surface area contributed by atoms with Gasteiger partial charge in [0.2, 0.25) is 0 Å². The standard InChI is InChI=1S/C17H20N2O/c1-11-6-13(3)16(14(4)7-11)10-18-19-15(5)8-12(2)9-17(19)20/h6-10H,1-5H3. The van der Waals surface area contributed by atoms with Crippen LogP contribution in [0.4, 0.5) is 0 Å². The predicted molar refractivity (Wildman–Crippen MR) is 83.8 cm³/mol. The van der Waals surface area contributed by atoms with Crippen LogP contribution >= 0.6 is 0 Å². The number of rotatable bonds is 2. The molecule has 20 heavy (non-hydrogen) atoms. The highest BCUT2D eigenvalue weighted by atomic mass is 16.1. The summed E-state index contributed by atoms with van der Waals surface area (Å²) in [5.41, 5.74) is 6.35. The third-order valence-corrected chi connectivity index (χ3v) is 3.37. The van der Waals surface area contributed by atoms with E-state index in [4.69, 9.17) is 0 Å². The van der Waals surface area contributed by atoms with Crippen LogP contribution in [0.25, 0.3) is 0 Å². The van der Waals surface area contributed by atoms with Crippen LogP contribution < -0.4 is 5.56 Å². The van der Waals surface area contributed by atoms with Crippen molar-refractivity contribution in [3.63, 3.8) is 0 Å². The van der Waals surface area contributed by atoms with E-state index in [-0.39, 0.29) is 5.56 Å². The Labute approximate surface area is 119 Å². The van der Waals surface area contributed by atoms with E-state index in [0.717, 1.165) is 16.8 Å². The Morgan fingerprint density at radius 3 is 2.00 bits per heavy atom. The normalized spacial score (nSPS) is 11.2. The van der Waals surface area contributed by atoms with Crippen LogP contribution in [-0.4, -0.2) is 10.9 Å². The number of hydrogen-bond acceptors (Lipinski definition) is 2. The summed E-state index contributed by atoms with van der Waals surface area (Å²) in [5.74, 6) is 0. The SMILES string of the molecule is Cc1cc(C)c(C=Nn2c(C)cc(C)cc2=O)c(C)c1. The molecule has 0 spiro atoms. The van der Waals surface area contributed by atoms with Gasteiger partial charge in [0.1, 0.15) is 0 Å². The minimum Gasteiger partial charge on any atom is -0.267 e. The maximum Gasteiger partial charge on any atom is 0.271 e. The molecule has 1 aromatic carbocycles. The summed E-state index contributed by atoms with van der Waals surface area (Å²) in [5, 5.41) is 4.35. The van der Waals surface area contributed by atoms with Gasteiger partial charge in [0.25, 0.3) is 5.56 Å². The van der Waals surface area contributed by atoms with E-state index in [1.165, 1.54) is 21.4 Å². The molecule has 2 aromatic rings. The van der Waals surface area contributed by atoms with Crippen molar-refractivity contribution in [2.75, 3.05) is 0 Å². The van der Waals surface area contributed by atoms with Crippen LogP contribution in [0.15, 0.2) is 34.2 Å². The van der Waals surface area contributed by atoms with Crippen LogP contribution in [0.1, 0.15) is 33.5 Å². The molecule has 0 unspecified atom stereocenters. The fraction of sp³-hybridized carbons (Fsp3) is 0.294. The Morgan fingerprint density at radius 2 is 1.45 bits per heavy atom. The fourth-order valence-corrected chi connectivity index (χ4v) is 2.52. The van der Waals surface area contributed by atoms with Crippen molar-refractivity contribution in [1.82, 2.24) is 4.68 Å². The largest absolute Gasteiger partial charge is 0.271 e. The summed E-state index contributed by atoms with van der Waals surface area (Å²) < 4.78 is 1.44. The van der Waals surface area contributed by atoms with Gasteiger partial charge in [0, 0.05) is 17.3 Å². The zero-order chi connectivity index (χ0) is 14.9. The van der Waals surface area contributed by atoms with Crippen molar-refractivity contribution in [2.45, 2.75) is 34.6 Å². The molecule has 0 saturated carbocycles. The molecule has 2 rings (SSSR count). The van der Waals surface area contributed by atoms with Gasteiger partial charge in [-0.1, -0.05) is 17.7 Å². The Hall–Kier alpha value is -2.16. The zero-order valence-electron chi connectivity index (χ0n) is 12.7. The summed E-state index contributed by atoms with van der Waals surface area (Å²) in [4.78, 5) is 12.0. The van der Waals surface area contributed by atoms with Gasteiger partial charge in [-0.2, -0.15) is 5.10 Å². The van der Waals surface area contributed by atoms with Crippen LogP contribution in [0.5, 0.6) is 0 Å². The summed E-state index contributed by atoms with van der Waals surface area (Å²) >= 11 is 0. The van der Waals surface area contributed by atoms with Crippen molar-refractivity contribution in [3.8, 4) is 0 Å². The maximum atomic E-state index is 12.0. The highest BCUT2D eigenvalue weighted by molar-refractivity contribution is 5.83. The molecule has 0 radical (unpaired) electrons. The van der Waals surface area contributed by atoms with Crippen LogP contribution in [0, 0.1) is 34.6 Å². The van der Waals surface area contributed by atoms with Crippen molar-refractivity contribution in [1.29, 1.82) is 0 Å². The van der Waals surface area contributed by atoms with Gasteiger partial charge in [-0.05, 0) is 57.4 Å². The minimum atomic E-state index is -0.0961. The predicted octanol–water partition coefficient (Wildman–Crippen LogP) is 3.27. The van der Waals surface area contributed by atoms with E-state index in [1.807, 2.05) is 19.9 Å². The van der Waals surface area contributed by atoms with Gasteiger partial charge in [0.15, 0.2) is 0 Å². The second-order valence-electron chi connectivity index (χ2n) is 5.38. The molecule has 0 aliphatic heterocycles. The quantitative estimate of drug-likeness (QED) is 0.770. The molecule has 3 heteroatoms. The summed E-state index contributed by atoms with van der Waals surface area (Å²) in [6, 6.07) is 7.80. The zero-order valence-corrected chi connectivity index (χ0v) is 12.7. The number of aromatic nitrogens is 1. The maximum absolute atomic E-state index is 12.0. The Bertz CT molecular complexity index is 716. The Morgan fingerprint density at radius 1 is 0.900 bits per heavy atom. The lowest BCUT2D eigenvalue weighted by atomic mass is 10.0. The molecule has 0 bridgehead atoms. The number of pyridine rings is 1. The fourth-order valence-electron chi connectivity index (χ4n) is 2.52. The Balaban J connectivity index is 2.48. The van der Waals surface area contributed by atoms with E-state index < -0.39 is 0 Å². The van der Waals surface area contributed by atoms with Crippen molar-refractivity contribution >= 4 is 6.21 Å². The topological polar surface area (TPSA) is 34.4 Å². The van der Waals surface area contributed by atoms with Crippen LogP contribution in [0.3, 0.4) is 0 Å². The molecular weight excluding hydrogens is 248 g/mol. The molecule has 0 fully saturated rings. The average molecular weight is 268 g/mol. The first-order valence-electron chi connectivity index (χ1n) is 6.71. The molecule has 1 heterocycles. The lowest BCUT2D eigenvalue weighted by molar-refractivity contribution is 0.790. The molecule has 104 valence electrons. The minimum absolute atomic E-state index is 0.0961. The summed E-state index contributed by atoms with van der Waals surface area (Å²) in [6.07, 6.45) is 1.77. The van der Waals surface area contributed by atoms with E-state index in [9.17, 15) is 4.79 Å². The molecule has 0 aliphatic rings. The third kappa shape index (κ3) is 2.87. The summed E-state index contributed by atoms with van der Waals surface area (Å²) in [6.45, 7) is 10.0. The highest BCUT2D eigenvalue weighted by Crippen LogP contribution is 2.14. The van der Waals surface area contributed by atoms with Crippen molar-refractivity contribution < 1.29 is 0 Å². The number of hydrogen-bond donors (Lipinski definition) is 0. The number of benzene rings is 1. The summed E-state index contributed by atoms with van der Waals surface area (Å²) in [7, 11) is 0. The highest BCUT2D eigenvalue weighted by Gasteiger charge is 2.03. The first-order valence-corrected chi connectivity index (χ1v) is 6.71. The molecule has 0 amide bonds.